The summed E-state index contributed by atoms with van der Waals surface area (Å²) in [6.07, 6.45) is 1.69. The number of carboxylic acids is 1. The van der Waals surface area contributed by atoms with Gasteiger partial charge in [0.1, 0.15) is 6.10 Å². The van der Waals surface area contributed by atoms with E-state index in [2.05, 4.69) is 5.32 Å². The molecule has 0 bridgehead atoms. The number of aliphatic carboxylic acids is 1. The summed E-state index contributed by atoms with van der Waals surface area (Å²) in [7, 11) is 0. The van der Waals surface area contributed by atoms with Crippen molar-refractivity contribution in [3.63, 3.8) is 0 Å². The number of amides is 1. The molecule has 1 atom stereocenters. The van der Waals surface area contributed by atoms with Crippen molar-refractivity contribution in [3.05, 3.63) is 101 Å². The zero-order valence-electron chi connectivity index (χ0n) is 19.5. The summed E-state index contributed by atoms with van der Waals surface area (Å²) in [6, 6.07) is 24.5. The second kappa shape index (κ2) is 9.55. The summed E-state index contributed by atoms with van der Waals surface area (Å²) in [6.45, 7) is 1.75. The number of hydrogen-bond acceptors (Lipinski definition) is 4. The number of benzene rings is 3. The second-order valence-electron chi connectivity index (χ2n) is 8.90. The van der Waals surface area contributed by atoms with Gasteiger partial charge in [-0.1, -0.05) is 78.3 Å². The molecule has 1 amide bonds. The molecule has 1 saturated carbocycles. The van der Waals surface area contributed by atoms with Crippen molar-refractivity contribution >= 4 is 29.5 Å². The number of nitrogens with one attached hydrogen (secondary N) is 1. The third-order valence-corrected chi connectivity index (χ3v) is 6.98. The van der Waals surface area contributed by atoms with E-state index in [1.165, 1.54) is 6.26 Å². The van der Waals surface area contributed by atoms with E-state index in [0.29, 0.717) is 23.4 Å². The third kappa shape index (κ3) is 4.60. The van der Waals surface area contributed by atoms with Gasteiger partial charge in [0, 0.05) is 16.1 Å². The number of carbonyl (C=O) groups is 2. The standard InChI is InChI=1S/C29H24ClNO5/c1-18(23-4-2-3-5-25(23)30)36-28(34)31-26-24(14-17-35-26)21-8-6-19(7-9-21)20-10-12-22(13-11-20)29(15-16-29)27(32)33/h2-14,17-18H,15-16H2,1H3,(H,31,34)(H,32,33)/t18-/m1/s1. The normalized spacial score (nSPS) is 14.6. The van der Waals surface area contributed by atoms with E-state index >= 15 is 0 Å². The predicted octanol–water partition coefficient (Wildman–Crippen LogP) is 7.69. The Hall–Kier alpha value is -4.03. The highest BCUT2D eigenvalue weighted by molar-refractivity contribution is 6.31. The summed E-state index contributed by atoms with van der Waals surface area (Å²) < 4.78 is 11.0. The lowest BCUT2D eigenvalue weighted by Gasteiger charge is -2.15. The molecule has 3 aromatic carbocycles. The van der Waals surface area contributed by atoms with Gasteiger partial charge in [-0.15, -0.1) is 0 Å². The van der Waals surface area contributed by atoms with E-state index in [0.717, 1.165) is 27.8 Å². The van der Waals surface area contributed by atoms with Crippen molar-refractivity contribution in [2.24, 2.45) is 0 Å². The van der Waals surface area contributed by atoms with Crippen LogP contribution in [-0.4, -0.2) is 17.2 Å². The summed E-state index contributed by atoms with van der Waals surface area (Å²) in [4.78, 5) is 24.1. The fourth-order valence-corrected chi connectivity index (χ4v) is 4.65. The van der Waals surface area contributed by atoms with Gasteiger partial charge in [0.05, 0.1) is 11.7 Å². The highest BCUT2D eigenvalue weighted by Crippen LogP contribution is 2.48. The van der Waals surface area contributed by atoms with Gasteiger partial charge in [0.15, 0.2) is 0 Å². The number of carbonyl (C=O) groups excluding carboxylic acids is 1. The molecule has 0 saturated heterocycles. The molecule has 182 valence electrons. The van der Waals surface area contributed by atoms with Crippen molar-refractivity contribution in [3.8, 4) is 22.3 Å². The minimum absolute atomic E-state index is 0.284. The number of anilines is 1. The average molecular weight is 502 g/mol. The molecule has 0 radical (unpaired) electrons. The van der Waals surface area contributed by atoms with Crippen molar-refractivity contribution in [1.29, 1.82) is 0 Å². The summed E-state index contributed by atoms with van der Waals surface area (Å²) in [5.74, 6) is -0.474. The van der Waals surface area contributed by atoms with Gasteiger partial charge in [-0.25, -0.2) is 4.79 Å². The van der Waals surface area contributed by atoms with Crippen LogP contribution in [0, 0.1) is 0 Å². The minimum atomic E-state index is -0.758. The minimum Gasteiger partial charge on any atom is -0.481 e. The average Bonchev–Trinajstić information content (AvgIpc) is 3.58. The molecule has 1 aliphatic rings. The Morgan fingerprint density at radius 2 is 1.56 bits per heavy atom. The van der Waals surface area contributed by atoms with Gasteiger partial charge < -0.3 is 14.3 Å². The molecule has 1 aromatic heterocycles. The highest BCUT2D eigenvalue weighted by atomic mass is 35.5. The molecule has 0 spiro atoms. The van der Waals surface area contributed by atoms with Crippen molar-refractivity contribution in [2.75, 3.05) is 5.32 Å². The second-order valence-corrected chi connectivity index (χ2v) is 9.31. The lowest BCUT2D eigenvalue weighted by atomic mass is 9.93. The summed E-state index contributed by atoms with van der Waals surface area (Å²) in [5, 5.41) is 12.7. The Bertz CT molecular complexity index is 1400. The maximum atomic E-state index is 12.5. The highest BCUT2D eigenvalue weighted by Gasteiger charge is 2.51. The van der Waals surface area contributed by atoms with Crippen molar-refractivity contribution < 1.29 is 23.8 Å². The Kier molecular flexibility index (Phi) is 6.29. The fourth-order valence-electron chi connectivity index (χ4n) is 4.36. The van der Waals surface area contributed by atoms with Crippen LogP contribution in [0.5, 0.6) is 0 Å². The molecule has 1 fully saturated rings. The monoisotopic (exact) mass is 501 g/mol. The zero-order chi connectivity index (χ0) is 25.3. The number of halogens is 1. The third-order valence-electron chi connectivity index (χ3n) is 6.63. The van der Waals surface area contributed by atoms with Crippen LogP contribution in [0.15, 0.2) is 89.5 Å². The van der Waals surface area contributed by atoms with Crippen LogP contribution in [-0.2, 0) is 14.9 Å². The Morgan fingerprint density at radius 1 is 0.944 bits per heavy atom. The maximum Gasteiger partial charge on any atom is 0.414 e. The van der Waals surface area contributed by atoms with Crippen LogP contribution in [0.1, 0.15) is 37.0 Å². The molecule has 1 aliphatic carbocycles. The molecular weight excluding hydrogens is 478 g/mol. The smallest absolute Gasteiger partial charge is 0.414 e. The lowest BCUT2D eigenvalue weighted by Crippen LogP contribution is -2.19. The summed E-state index contributed by atoms with van der Waals surface area (Å²) in [5.41, 5.74) is 4.43. The molecular formula is C29H24ClNO5. The van der Waals surface area contributed by atoms with Gasteiger partial charge in [-0.3, -0.25) is 10.1 Å². The number of rotatable bonds is 7. The fraction of sp³-hybridized carbons (Fsp3) is 0.172. The molecule has 0 unspecified atom stereocenters. The Balaban J connectivity index is 1.27. The van der Waals surface area contributed by atoms with E-state index in [1.807, 2.05) is 66.7 Å². The number of hydrogen-bond donors (Lipinski definition) is 2. The first-order valence-corrected chi connectivity index (χ1v) is 12.0. The van der Waals surface area contributed by atoms with Gasteiger partial charge in [-0.05, 0) is 54.2 Å². The molecule has 36 heavy (non-hydrogen) atoms. The van der Waals surface area contributed by atoms with Crippen LogP contribution < -0.4 is 5.32 Å². The number of carboxylic acid groups (broad SMARTS) is 1. The van der Waals surface area contributed by atoms with Crippen molar-refractivity contribution in [1.82, 2.24) is 0 Å². The zero-order valence-corrected chi connectivity index (χ0v) is 20.3. The quantitative estimate of drug-likeness (QED) is 0.271. The summed E-state index contributed by atoms with van der Waals surface area (Å²) >= 11 is 6.20. The number of furan rings is 1. The lowest BCUT2D eigenvalue weighted by molar-refractivity contribution is -0.140. The topological polar surface area (TPSA) is 88.8 Å². The van der Waals surface area contributed by atoms with E-state index in [9.17, 15) is 14.7 Å². The van der Waals surface area contributed by atoms with Crippen LogP contribution >= 0.6 is 11.6 Å². The molecule has 1 heterocycles. The predicted molar refractivity (Wildman–Crippen MR) is 138 cm³/mol. The van der Waals surface area contributed by atoms with E-state index in [-0.39, 0.29) is 5.88 Å². The van der Waals surface area contributed by atoms with Crippen LogP contribution in [0.2, 0.25) is 5.02 Å². The SMILES string of the molecule is C[C@@H](OC(=O)Nc1occc1-c1ccc(-c2ccc(C3(C(=O)O)CC3)cc2)cc1)c1ccccc1Cl. The molecule has 7 heteroatoms. The van der Waals surface area contributed by atoms with Gasteiger partial charge in [-0.2, -0.15) is 0 Å². The molecule has 6 nitrogen and oxygen atoms in total. The van der Waals surface area contributed by atoms with Gasteiger partial charge in [0.25, 0.3) is 0 Å². The Morgan fingerprint density at radius 3 is 2.17 bits per heavy atom. The molecule has 4 aromatic rings. The van der Waals surface area contributed by atoms with Crippen LogP contribution in [0.3, 0.4) is 0 Å². The first-order chi connectivity index (χ1) is 17.4. The Labute approximate surface area is 213 Å². The first kappa shape index (κ1) is 23.7. The molecule has 2 N–H and O–H groups in total. The number of ether oxygens (including phenoxy) is 1. The van der Waals surface area contributed by atoms with E-state index < -0.39 is 23.6 Å². The molecule has 5 rings (SSSR count). The first-order valence-electron chi connectivity index (χ1n) is 11.6. The van der Waals surface area contributed by atoms with E-state index in [4.69, 9.17) is 20.8 Å². The van der Waals surface area contributed by atoms with Gasteiger partial charge >= 0.3 is 12.1 Å². The van der Waals surface area contributed by atoms with Crippen LogP contribution in [0.4, 0.5) is 10.7 Å². The molecule has 0 aliphatic heterocycles. The van der Waals surface area contributed by atoms with Crippen molar-refractivity contribution in [2.45, 2.75) is 31.3 Å². The van der Waals surface area contributed by atoms with Gasteiger partial charge in [0.2, 0.25) is 5.88 Å². The van der Waals surface area contributed by atoms with E-state index in [1.54, 1.807) is 19.1 Å². The largest absolute Gasteiger partial charge is 0.481 e. The maximum absolute atomic E-state index is 12.5. The van der Waals surface area contributed by atoms with Crippen LogP contribution in [0.25, 0.3) is 22.3 Å².